The lowest BCUT2D eigenvalue weighted by Gasteiger charge is -2.12. The first kappa shape index (κ1) is 16.7. The second kappa shape index (κ2) is 7.54. The van der Waals surface area contributed by atoms with Gasteiger partial charge in [-0.3, -0.25) is 14.9 Å². The van der Waals surface area contributed by atoms with Crippen LogP contribution < -0.4 is 10.2 Å². The zero-order chi connectivity index (χ0) is 16.8. The number of ether oxygens (including phenoxy) is 1. The minimum atomic E-state index is -0.771. The minimum absolute atomic E-state index is 0.151. The SMILES string of the molecule is C[C@@H](Oc1cccc(Br)c1)C(=O)N/N=C\c1ccc([N+](=O)[O-])o1. The molecule has 1 heterocycles. The Morgan fingerprint density at radius 2 is 2.26 bits per heavy atom. The Hall–Kier alpha value is -2.68. The van der Waals surface area contributed by atoms with Crippen molar-refractivity contribution in [1.82, 2.24) is 5.43 Å². The van der Waals surface area contributed by atoms with Crippen molar-refractivity contribution in [3.05, 3.63) is 56.7 Å². The Morgan fingerprint density at radius 3 is 2.91 bits per heavy atom. The van der Waals surface area contributed by atoms with Gasteiger partial charge in [0.1, 0.15) is 10.7 Å². The van der Waals surface area contributed by atoms with Crippen molar-refractivity contribution in [3.8, 4) is 5.75 Å². The molecule has 1 aromatic heterocycles. The highest BCUT2D eigenvalue weighted by Crippen LogP contribution is 2.19. The molecule has 1 N–H and O–H groups in total. The maximum absolute atomic E-state index is 11.8. The Labute approximate surface area is 139 Å². The van der Waals surface area contributed by atoms with Crippen molar-refractivity contribution in [2.24, 2.45) is 5.10 Å². The second-order valence-electron chi connectivity index (χ2n) is 4.38. The fourth-order valence-corrected chi connectivity index (χ4v) is 1.94. The molecule has 0 aliphatic rings. The van der Waals surface area contributed by atoms with Crippen LogP contribution in [0.25, 0.3) is 0 Å². The summed E-state index contributed by atoms with van der Waals surface area (Å²) in [6.45, 7) is 1.57. The molecule has 0 saturated carbocycles. The fourth-order valence-electron chi connectivity index (χ4n) is 1.56. The molecule has 0 unspecified atom stereocenters. The van der Waals surface area contributed by atoms with Crippen LogP contribution in [0.1, 0.15) is 12.7 Å². The summed E-state index contributed by atoms with van der Waals surface area (Å²) in [5.41, 5.74) is 2.27. The number of amides is 1. The highest BCUT2D eigenvalue weighted by molar-refractivity contribution is 9.10. The number of carbonyl (C=O) groups is 1. The van der Waals surface area contributed by atoms with Crippen LogP contribution in [0.5, 0.6) is 5.75 Å². The van der Waals surface area contributed by atoms with Gasteiger partial charge < -0.3 is 9.15 Å². The Balaban J connectivity index is 1.88. The third-order valence-corrected chi connectivity index (χ3v) is 3.13. The van der Waals surface area contributed by atoms with Crippen LogP contribution in [0.15, 0.2) is 50.4 Å². The quantitative estimate of drug-likeness (QED) is 0.470. The smallest absolute Gasteiger partial charge is 0.433 e. The molecule has 0 spiro atoms. The monoisotopic (exact) mass is 381 g/mol. The highest BCUT2D eigenvalue weighted by atomic mass is 79.9. The molecule has 0 saturated heterocycles. The van der Waals surface area contributed by atoms with Crippen LogP contribution >= 0.6 is 15.9 Å². The zero-order valence-corrected chi connectivity index (χ0v) is 13.5. The zero-order valence-electron chi connectivity index (χ0n) is 11.9. The highest BCUT2D eigenvalue weighted by Gasteiger charge is 2.14. The van der Waals surface area contributed by atoms with Crippen LogP contribution in [0, 0.1) is 10.1 Å². The number of carbonyl (C=O) groups excluding carboxylic acids is 1. The standard InChI is InChI=1S/C14H12BrN3O5/c1-9(22-11-4-2-3-10(15)7-11)14(19)17-16-8-12-5-6-13(23-12)18(20)21/h2-9H,1H3,(H,17,19)/b16-8-/t9-/m1/s1. The van der Waals surface area contributed by atoms with Gasteiger partial charge in [-0.25, -0.2) is 5.43 Å². The van der Waals surface area contributed by atoms with E-state index in [1.165, 1.54) is 12.1 Å². The molecule has 9 heteroatoms. The second-order valence-corrected chi connectivity index (χ2v) is 5.30. The van der Waals surface area contributed by atoms with E-state index in [0.717, 1.165) is 10.7 Å². The number of nitrogens with one attached hydrogen (secondary N) is 1. The van der Waals surface area contributed by atoms with E-state index in [9.17, 15) is 14.9 Å². The maximum Gasteiger partial charge on any atom is 0.433 e. The molecule has 0 fully saturated rings. The lowest BCUT2D eigenvalue weighted by atomic mass is 10.3. The summed E-state index contributed by atoms with van der Waals surface area (Å²) in [5.74, 6) is -0.184. The third kappa shape index (κ3) is 4.92. The molecule has 0 bridgehead atoms. The van der Waals surface area contributed by atoms with Crippen LogP contribution in [-0.4, -0.2) is 23.1 Å². The van der Waals surface area contributed by atoms with E-state index in [4.69, 9.17) is 9.15 Å². The van der Waals surface area contributed by atoms with Crippen molar-refractivity contribution in [2.45, 2.75) is 13.0 Å². The van der Waals surface area contributed by atoms with Crippen LogP contribution in [0.2, 0.25) is 0 Å². The summed E-state index contributed by atoms with van der Waals surface area (Å²) in [7, 11) is 0. The number of hydrazone groups is 1. The maximum atomic E-state index is 11.8. The van der Waals surface area contributed by atoms with Gasteiger partial charge in [-0.2, -0.15) is 5.10 Å². The van der Waals surface area contributed by atoms with Gasteiger partial charge in [0, 0.05) is 4.47 Å². The molecule has 2 aromatic rings. The average Bonchev–Trinajstić information content (AvgIpc) is 2.96. The van der Waals surface area contributed by atoms with Gasteiger partial charge in [0.25, 0.3) is 5.91 Å². The molecular weight excluding hydrogens is 370 g/mol. The van der Waals surface area contributed by atoms with E-state index in [1.807, 2.05) is 6.07 Å². The van der Waals surface area contributed by atoms with Crippen molar-refractivity contribution < 1.29 is 18.9 Å². The van der Waals surface area contributed by atoms with Gasteiger partial charge >= 0.3 is 5.88 Å². The molecule has 1 atom stereocenters. The number of nitrogens with zero attached hydrogens (tertiary/aromatic N) is 2. The normalized spacial score (nSPS) is 12.1. The van der Waals surface area contributed by atoms with E-state index >= 15 is 0 Å². The summed E-state index contributed by atoms with van der Waals surface area (Å²) in [5, 5.41) is 14.1. The number of halogens is 1. The van der Waals surface area contributed by atoms with Gasteiger partial charge in [-0.1, -0.05) is 22.0 Å². The topological polar surface area (TPSA) is 107 Å². The summed E-state index contributed by atoms with van der Waals surface area (Å²) in [4.78, 5) is 21.6. The Bertz CT molecular complexity index is 744. The first-order chi connectivity index (χ1) is 11.0. The number of benzene rings is 1. The first-order valence-electron chi connectivity index (χ1n) is 6.45. The molecule has 23 heavy (non-hydrogen) atoms. The van der Waals surface area contributed by atoms with E-state index < -0.39 is 22.8 Å². The molecule has 0 aliphatic carbocycles. The third-order valence-electron chi connectivity index (χ3n) is 2.64. The summed E-state index contributed by atoms with van der Waals surface area (Å²) >= 11 is 3.31. The number of nitro groups is 1. The molecule has 120 valence electrons. The molecule has 1 aromatic carbocycles. The lowest BCUT2D eigenvalue weighted by Crippen LogP contribution is -2.33. The molecule has 0 radical (unpaired) electrons. The molecule has 2 rings (SSSR count). The largest absolute Gasteiger partial charge is 0.481 e. The first-order valence-corrected chi connectivity index (χ1v) is 7.24. The summed E-state index contributed by atoms with van der Waals surface area (Å²) in [6, 6.07) is 9.64. The van der Waals surface area contributed by atoms with E-state index in [0.29, 0.717) is 5.75 Å². The number of rotatable bonds is 6. The van der Waals surface area contributed by atoms with Gasteiger partial charge in [0.15, 0.2) is 11.9 Å². The molecule has 0 aliphatic heterocycles. The Kier molecular flexibility index (Phi) is 5.47. The van der Waals surface area contributed by atoms with Gasteiger partial charge in [0.05, 0.1) is 12.3 Å². The predicted octanol–water partition coefficient (Wildman–Crippen LogP) is 2.87. The van der Waals surface area contributed by atoms with E-state index in [1.54, 1.807) is 25.1 Å². The van der Waals surface area contributed by atoms with Crippen LogP contribution in [0.3, 0.4) is 0 Å². The fraction of sp³-hybridized carbons (Fsp3) is 0.143. The molecule has 8 nitrogen and oxygen atoms in total. The van der Waals surface area contributed by atoms with Gasteiger partial charge in [-0.15, -0.1) is 0 Å². The lowest BCUT2D eigenvalue weighted by molar-refractivity contribution is -0.402. The molecular formula is C14H12BrN3O5. The van der Waals surface area contributed by atoms with Crippen LogP contribution in [-0.2, 0) is 4.79 Å². The number of hydrogen-bond donors (Lipinski definition) is 1. The van der Waals surface area contributed by atoms with Crippen molar-refractivity contribution in [1.29, 1.82) is 0 Å². The minimum Gasteiger partial charge on any atom is -0.481 e. The van der Waals surface area contributed by atoms with Crippen molar-refractivity contribution in [2.75, 3.05) is 0 Å². The van der Waals surface area contributed by atoms with Crippen LogP contribution in [0.4, 0.5) is 5.88 Å². The van der Waals surface area contributed by atoms with Gasteiger partial charge in [-0.05, 0) is 31.2 Å². The van der Waals surface area contributed by atoms with Gasteiger partial charge in [0.2, 0.25) is 0 Å². The predicted molar refractivity (Wildman–Crippen MR) is 85.3 cm³/mol. The van der Waals surface area contributed by atoms with Crippen molar-refractivity contribution in [3.63, 3.8) is 0 Å². The Morgan fingerprint density at radius 1 is 1.48 bits per heavy atom. The van der Waals surface area contributed by atoms with Crippen molar-refractivity contribution >= 4 is 33.9 Å². The van der Waals surface area contributed by atoms with E-state index in [2.05, 4.69) is 26.5 Å². The van der Waals surface area contributed by atoms with E-state index in [-0.39, 0.29) is 5.76 Å². The average molecular weight is 382 g/mol. The summed E-state index contributed by atoms with van der Waals surface area (Å²) in [6.07, 6.45) is 0.392. The summed E-state index contributed by atoms with van der Waals surface area (Å²) < 4.78 is 11.2. The number of furan rings is 1. The number of hydrogen-bond acceptors (Lipinski definition) is 6. The molecule has 1 amide bonds.